The molecule has 0 saturated heterocycles. The summed E-state index contributed by atoms with van der Waals surface area (Å²) in [6.45, 7) is 6.98. The maximum Gasteiger partial charge on any atom is 0.0635 e. The summed E-state index contributed by atoms with van der Waals surface area (Å²) in [5, 5.41) is 8.47. The van der Waals surface area contributed by atoms with Crippen LogP contribution in [0.25, 0.3) is 0 Å². The van der Waals surface area contributed by atoms with Crippen molar-refractivity contribution in [1.82, 2.24) is 4.90 Å². The Morgan fingerprint density at radius 2 is 2.23 bits per heavy atom. The van der Waals surface area contributed by atoms with Gasteiger partial charge in [-0.15, -0.1) is 0 Å². The lowest BCUT2D eigenvalue weighted by atomic mass is 10.2. The molecule has 0 aromatic rings. The van der Waals surface area contributed by atoms with E-state index in [-0.39, 0.29) is 0 Å². The molecule has 0 aromatic heterocycles. The molecule has 0 fully saturated rings. The molecule has 1 atom stereocenters. The smallest absolute Gasteiger partial charge is 0.0635 e. The molecule has 0 aliphatic rings. The molecule has 0 aromatic carbocycles. The van der Waals surface area contributed by atoms with Crippen LogP contribution in [0, 0.1) is 11.3 Å². The number of hydrogen-bond donors (Lipinski definition) is 0. The number of methoxy groups -OCH3 is 1. The minimum atomic E-state index is 0.512. The van der Waals surface area contributed by atoms with E-state index < -0.39 is 0 Å². The van der Waals surface area contributed by atoms with Gasteiger partial charge in [-0.2, -0.15) is 5.26 Å². The first kappa shape index (κ1) is 12.4. The van der Waals surface area contributed by atoms with Crippen LogP contribution in [0.1, 0.15) is 26.7 Å². The van der Waals surface area contributed by atoms with E-state index in [2.05, 4.69) is 24.8 Å². The quantitative estimate of drug-likeness (QED) is 0.603. The standard InChI is InChI=1S/C10H20N2O/c1-4-12(8-5-7-11)10(2)6-9-13-3/h10H,4-6,8-9H2,1-3H3. The zero-order valence-corrected chi connectivity index (χ0v) is 8.92. The molecule has 76 valence electrons. The first-order chi connectivity index (χ1) is 6.26. The second-order valence-electron chi connectivity index (χ2n) is 3.17. The zero-order valence-electron chi connectivity index (χ0n) is 8.92. The molecule has 0 aliphatic heterocycles. The highest BCUT2D eigenvalue weighted by Crippen LogP contribution is 2.04. The summed E-state index contributed by atoms with van der Waals surface area (Å²) in [4.78, 5) is 2.31. The van der Waals surface area contributed by atoms with Crippen LogP contribution in [0.15, 0.2) is 0 Å². The highest BCUT2D eigenvalue weighted by Gasteiger charge is 2.10. The monoisotopic (exact) mass is 184 g/mol. The predicted octanol–water partition coefficient (Wildman–Crippen LogP) is 1.65. The molecule has 0 spiro atoms. The fourth-order valence-electron chi connectivity index (χ4n) is 1.35. The van der Waals surface area contributed by atoms with Gasteiger partial charge < -0.3 is 4.74 Å². The van der Waals surface area contributed by atoms with E-state index in [1.54, 1.807) is 7.11 Å². The van der Waals surface area contributed by atoms with Crippen molar-refractivity contribution < 1.29 is 4.74 Å². The molecule has 3 heteroatoms. The summed E-state index contributed by atoms with van der Waals surface area (Å²) < 4.78 is 5.02. The van der Waals surface area contributed by atoms with Crippen LogP contribution in [0.3, 0.4) is 0 Å². The van der Waals surface area contributed by atoms with Crippen molar-refractivity contribution in [1.29, 1.82) is 5.26 Å². The van der Waals surface area contributed by atoms with E-state index in [9.17, 15) is 0 Å². The molecule has 13 heavy (non-hydrogen) atoms. The summed E-state index contributed by atoms with van der Waals surface area (Å²) in [7, 11) is 1.72. The molecular weight excluding hydrogens is 164 g/mol. The summed E-state index contributed by atoms with van der Waals surface area (Å²) in [6.07, 6.45) is 1.65. The van der Waals surface area contributed by atoms with Crippen molar-refractivity contribution in [2.45, 2.75) is 32.7 Å². The van der Waals surface area contributed by atoms with Crippen LogP contribution in [0.4, 0.5) is 0 Å². The number of rotatable bonds is 7. The Hall–Kier alpha value is -0.590. The SMILES string of the molecule is CCN(CCC#N)C(C)CCOC. The summed E-state index contributed by atoms with van der Waals surface area (Å²) >= 11 is 0. The molecule has 3 nitrogen and oxygen atoms in total. The summed E-state index contributed by atoms with van der Waals surface area (Å²) in [6, 6.07) is 2.68. The van der Waals surface area contributed by atoms with Crippen molar-refractivity contribution in [3.63, 3.8) is 0 Å². The fraction of sp³-hybridized carbons (Fsp3) is 0.900. The second kappa shape index (κ2) is 8.03. The highest BCUT2D eigenvalue weighted by atomic mass is 16.5. The van der Waals surface area contributed by atoms with Crippen LogP contribution in [0.5, 0.6) is 0 Å². The van der Waals surface area contributed by atoms with Crippen molar-refractivity contribution >= 4 is 0 Å². The third kappa shape index (κ3) is 5.62. The number of nitrogens with zero attached hydrogens (tertiary/aromatic N) is 2. The Labute approximate surface area is 81.3 Å². The van der Waals surface area contributed by atoms with Gasteiger partial charge in [0.15, 0.2) is 0 Å². The third-order valence-electron chi connectivity index (χ3n) is 2.28. The van der Waals surface area contributed by atoms with Gasteiger partial charge in [0.2, 0.25) is 0 Å². The lowest BCUT2D eigenvalue weighted by molar-refractivity contribution is 0.143. The number of ether oxygens (including phenoxy) is 1. The van der Waals surface area contributed by atoms with Crippen LogP contribution >= 0.6 is 0 Å². The first-order valence-electron chi connectivity index (χ1n) is 4.86. The van der Waals surface area contributed by atoms with Gasteiger partial charge >= 0.3 is 0 Å². The number of nitriles is 1. The molecule has 1 unspecified atom stereocenters. The minimum Gasteiger partial charge on any atom is -0.385 e. The van der Waals surface area contributed by atoms with E-state index in [1.165, 1.54) is 0 Å². The van der Waals surface area contributed by atoms with Crippen molar-refractivity contribution in [2.75, 3.05) is 26.8 Å². The van der Waals surface area contributed by atoms with Gasteiger partial charge in [-0.1, -0.05) is 6.92 Å². The zero-order chi connectivity index (χ0) is 10.1. The molecule has 0 N–H and O–H groups in total. The van der Waals surface area contributed by atoms with E-state index in [0.717, 1.165) is 26.1 Å². The summed E-state index contributed by atoms with van der Waals surface area (Å²) in [5.74, 6) is 0. The van der Waals surface area contributed by atoms with Crippen LogP contribution < -0.4 is 0 Å². The lowest BCUT2D eigenvalue weighted by Crippen LogP contribution is -2.34. The van der Waals surface area contributed by atoms with E-state index >= 15 is 0 Å². The van der Waals surface area contributed by atoms with E-state index in [4.69, 9.17) is 10.00 Å². The van der Waals surface area contributed by atoms with E-state index in [0.29, 0.717) is 12.5 Å². The molecule has 0 heterocycles. The van der Waals surface area contributed by atoms with Gasteiger partial charge in [0.1, 0.15) is 0 Å². The topological polar surface area (TPSA) is 36.3 Å². The summed E-state index contributed by atoms with van der Waals surface area (Å²) in [5.41, 5.74) is 0. The Kier molecular flexibility index (Phi) is 7.66. The third-order valence-corrected chi connectivity index (χ3v) is 2.28. The second-order valence-corrected chi connectivity index (χ2v) is 3.17. The molecular formula is C10H20N2O. The number of hydrogen-bond acceptors (Lipinski definition) is 3. The fourth-order valence-corrected chi connectivity index (χ4v) is 1.35. The molecule has 0 rings (SSSR count). The van der Waals surface area contributed by atoms with Gasteiger partial charge in [0, 0.05) is 32.7 Å². The molecule has 0 saturated carbocycles. The van der Waals surface area contributed by atoms with Gasteiger partial charge in [-0.05, 0) is 19.9 Å². The average molecular weight is 184 g/mol. The minimum absolute atomic E-state index is 0.512. The molecule has 0 amide bonds. The lowest BCUT2D eigenvalue weighted by Gasteiger charge is -2.26. The normalized spacial score (nSPS) is 12.8. The Morgan fingerprint density at radius 3 is 2.69 bits per heavy atom. The molecule has 0 radical (unpaired) electrons. The Morgan fingerprint density at radius 1 is 1.54 bits per heavy atom. The van der Waals surface area contributed by atoms with E-state index in [1.807, 2.05) is 0 Å². The van der Waals surface area contributed by atoms with Crippen molar-refractivity contribution in [3.8, 4) is 6.07 Å². The maximum absolute atomic E-state index is 8.47. The van der Waals surface area contributed by atoms with Crippen molar-refractivity contribution in [2.24, 2.45) is 0 Å². The van der Waals surface area contributed by atoms with Gasteiger partial charge in [-0.25, -0.2) is 0 Å². The Balaban J connectivity index is 3.71. The Bertz CT molecular complexity index is 153. The highest BCUT2D eigenvalue weighted by molar-refractivity contribution is 4.74. The average Bonchev–Trinajstić information content (AvgIpc) is 2.16. The predicted molar refractivity (Wildman–Crippen MR) is 53.4 cm³/mol. The largest absolute Gasteiger partial charge is 0.385 e. The van der Waals surface area contributed by atoms with Gasteiger partial charge in [0.25, 0.3) is 0 Å². The van der Waals surface area contributed by atoms with Crippen molar-refractivity contribution in [3.05, 3.63) is 0 Å². The first-order valence-corrected chi connectivity index (χ1v) is 4.86. The van der Waals surface area contributed by atoms with Crippen LogP contribution in [-0.4, -0.2) is 37.7 Å². The maximum atomic E-state index is 8.47. The van der Waals surface area contributed by atoms with Crippen LogP contribution in [-0.2, 0) is 4.74 Å². The molecule has 0 bridgehead atoms. The van der Waals surface area contributed by atoms with Gasteiger partial charge in [0.05, 0.1) is 6.07 Å². The van der Waals surface area contributed by atoms with Gasteiger partial charge in [-0.3, -0.25) is 4.90 Å². The molecule has 0 aliphatic carbocycles. The van der Waals surface area contributed by atoms with Crippen LogP contribution in [0.2, 0.25) is 0 Å².